The minimum Gasteiger partial charge on any atom is -0.376 e. The van der Waals surface area contributed by atoms with Gasteiger partial charge in [0.25, 0.3) is 15.9 Å². The Kier molecular flexibility index (Phi) is 5.82. The SMILES string of the molecule is Cc1ccc(S(=O)(=O)Nc2ccccc2C(=O)NC[C@@H]2CCCO2)cc1C. The van der Waals surface area contributed by atoms with Gasteiger partial charge in [-0.3, -0.25) is 9.52 Å². The summed E-state index contributed by atoms with van der Waals surface area (Å²) in [5.41, 5.74) is 2.44. The molecule has 0 radical (unpaired) electrons. The van der Waals surface area contributed by atoms with Gasteiger partial charge in [-0.05, 0) is 62.1 Å². The van der Waals surface area contributed by atoms with Gasteiger partial charge in [-0.2, -0.15) is 0 Å². The number of hydrogen-bond donors (Lipinski definition) is 2. The Balaban J connectivity index is 1.78. The van der Waals surface area contributed by atoms with Gasteiger partial charge in [0.15, 0.2) is 0 Å². The van der Waals surface area contributed by atoms with Crippen molar-refractivity contribution in [2.45, 2.75) is 37.7 Å². The number of amides is 1. The molecule has 1 aliphatic heterocycles. The zero-order valence-corrected chi connectivity index (χ0v) is 16.3. The first-order valence-electron chi connectivity index (χ1n) is 8.96. The van der Waals surface area contributed by atoms with Crippen molar-refractivity contribution in [2.24, 2.45) is 0 Å². The number of carbonyl (C=O) groups is 1. The van der Waals surface area contributed by atoms with E-state index in [2.05, 4.69) is 10.0 Å². The number of sulfonamides is 1. The molecule has 144 valence electrons. The molecular weight excluding hydrogens is 364 g/mol. The van der Waals surface area contributed by atoms with Gasteiger partial charge in [-0.25, -0.2) is 8.42 Å². The third-order valence-electron chi connectivity index (χ3n) is 4.72. The Labute approximate surface area is 160 Å². The fourth-order valence-electron chi connectivity index (χ4n) is 2.96. The maximum Gasteiger partial charge on any atom is 0.261 e. The highest BCUT2D eigenvalue weighted by Gasteiger charge is 2.21. The van der Waals surface area contributed by atoms with Gasteiger partial charge >= 0.3 is 0 Å². The standard InChI is InChI=1S/C20H24N2O4S/c1-14-9-10-17(12-15(14)2)27(24,25)22-19-8-4-3-7-18(19)20(23)21-13-16-6-5-11-26-16/h3-4,7-10,12,16,22H,5-6,11,13H2,1-2H3,(H,21,23)/t16-/m0/s1. The van der Waals surface area contributed by atoms with Crippen LogP contribution in [0.15, 0.2) is 47.4 Å². The van der Waals surface area contributed by atoms with Crippen molar-refractivity contribution >= 4 is 21.6 Å². The van der Waals surface area contributed by atoms with E-state index in [9.17, 15) is 13.2 Å². The normalized spacial score (nSPS) is 16.9. The number of anilines is 1. The average Bonchev–Trinajstić information content (AvgIpc) is 3.15. The Bertz CT molecular complexity index is 935. The molecule has 0 unspecified atom stereocenters. The van der Waals surface area contributed by atoms with Gasteiger partial charge in [-0.15, -0.1) is 0 Å². The molecule has 1 saturated heterocycles. The summed E-state index contributed by atoms with van der Waals surface area (Å²) in [6, 6.07) is 11.5. The summed E-state index contributed by atoms with van der Waals surface area (Å²) >= 11 is 0. The second-order valence-electron chi connectivity index (χ2n) is 6.74. The van der Waals surface area contributed by atoms with E-state index in [1.807, 2.05) is 13.8 Å². The Morgan fingerprint density at radius 2 is 1.93 bits per heavy atom. The van der Waals surface area contributed by atoms with Crippen molar-refractivity contribution in [2.75, 3.05) is 17.9 Å². The van der Waals surface area contributed by atoms with Crippen molar-refractivity contribution in [3.63, 3.8) is 0 Å². The van der Waals surface area contributed by atoms with E-state index in [-0.39, 0.29) is 28.2 Å². The molecule has 0 saturated carbocycles. The predicted molar refractivity (Wildman–Crippen MR) is 104 cm³/mol. The first kappa shape index (κ1) is 19.4. The second kappa shape index (κ2) is 8.10. The fraction of sp³-hybridized carbons (Fsp3) is 0.350. The topological polar surface area (TPSA) is 84.5 Å². The van der Waals surface area contributed by atoms with E-state index < -0.39 is 10.0 Å². The summed E-state index contributed by atoms with van der Waals surface area (Å²) < 4.78 is 33.5. The maximum atomic E-state index is 12.7. The lowest BCUT2D eigenvalue weighted by Crippen LogP contribution is -2.32. The summed E-state index contributed by atoms with van der Waals surface area (Å²) in [6.45, 7) is 4.91. The molecular formula is C20H24N2O4S. The van der Waals surface area contributed by atoms with Crippen LogP contribution < -0.4 is 10.0 Å². The van der Waals surface area contributed by atoms with Crippen LogP contribution in [0.1, 0.15) is 34.3 Å². The first-order chi connectivity index (χ1) is 12.9. The number of para-hydroxylation sites is 1. The van der Waals surface area contributed by atoms with Crippen molar-refractivity contribution in [3.05, 3.63) is 59.2 Å². The molecule has 1 heterocycles. The van der Waals surface area contributed by atoms with Crippen LogP contribution in [0.5, 0.6) is 0 Å². The number of carbonyl (C=O) groups excluding carboxylic acids is 1. The number of aryl methyl sites for hydroxylation is 2. The summed E-state index contributed by atoms with van der Waals surface area (Å²) in [6.07, 6.45) is 1.93. The van der Waals surface area contributed by atoms with E-state index >= 15 is 0 Å². The number of hydrogen-bond acceptors (Lipinski definition) is 4. The van der Waals surface area contributed by atoms with E-state index in [1.165, 1.54) is 0 Å². The summed E-state index contributed by atoms with van der Waals surface area (Å²) in [4.78, 5) is 12.7. The minimum atomic E-state index is -3.79. The van der Waals surface area contributed by atoms with Crippen LogP contribution in [0.3, 0.4) is 0 Å². The largest absolute Gasteiger partial charge is 0.376 e. The average molecular weight is 388 g/mol. The number of nitrogens with one attached hydrogen (secondary N) is 2. The van der Waals surface area contributed by atoms with E-state index in [1.54, 1.807) is 42.5 Å². The second-order valence-corrected chi connectivity index (χ2v) is 8.42. The van der Waals surface area contributed by atoms with Gasteiger partial charge in [0.1, 0.15) is 0 Å². The van der Waals surface area contributed by atoms with Crippen LogP contribution in [0.2, 0.25) is 0 Å². The van der Waals surface area contributed by atoms with Crippen molar-refractivity contribution in [1.82, 2.24) is 5.32 Å². The molecule has 27 heavy (non-hydrogen) atoms. The van der Waals surface area contributed by atoms with Crippen molar-refractivity contribution in [3.8, 4) is 0 Å². The summed E-state index contributed by atoms with van der Waals surface area (Å²) in [5.74, 6) is -0.330. The zero-order valence-electron chi connectivity index (χ0n) is 15.5. The lowest BCUT2D eigenvalue weighted by Gasteiger charge is -2.15. The van der Waals surface area contributed by atoms with Crippen molar-refractivity contribution < 1.29 is 17.9 Å². The van der Waals surface area contributed by atoms with Gasteiger partial charge < -0.3 is 10.1 Å². The van der Waals surface area contributed by atoms with E-state index in [0.29, 0.717) is 13.2 Å². The minimum absolute atomic E-state index is 0.0216. The van der Waals surface area contributed by atoms with Crippen LogP contribution in [-0.4, -0.2) is 33.6 Å². The van der Waals surface area contributed by atoms with Gasteiger partial charge in [0.05, 0.1) is 22.3 Å². The number of benzene rings is 2. The maximum absolute atomic E-state index is 12.7. The molecule has 1 aliphatic rings. The summed E-state index contributed by atoms with van der Waals surface area (Å²) in [7, 11) is -3.79. The molecule has 0 aromatic heterocycles. The molecule has 1 amide bonds. The first-order valence-corrected chi connectivity index (χ1v) is 10.4. The Morgan fingerprint density at radius 1 is 1.15 bits per heavy atom. The predicted octanol–water partition coefficient (Wildman–Crippen LogP) is 3.01. The molecule has 2 aromatic rings. The molecule has 2 aromatic carbocycles. The van der Waals surface area contributed by atoms with E-state index in [0.717, 1.165) is 24.0 Å². The van der Waals surface area contributed by atoms with Crippen LogP contribution in [-0.2, 0) is 14.8 Å². The van der Waals surface area contributed by atoms with Gasteiger partial charge in [0, 0.05) is 13.2 Å². The molecule has 2 N–H and O–H groups in total. The molecule has 3 rings (SSSR count). The number of ether oxygens (including phenoxy) is 1. The van der Waals surface area contributed by atoms with Gasteiger partial charge in [-0.1, -0.05) is 18.2 Å². The highest BCUT2D eigenvalue weighted by Crippen LogP contribution is 2.22. The smallest absolute Gasteiger partial charge is 0.261 e. The highest BCUT2D eigenvalue weighted by atomic mass is 32.2. The third kappa shape index (κ3) is 4.67. The Hall–Kier alpha value is -2.38. The molecule has 0 spiro atoms. The van der Waals surface area contributed by atoms with Crippen LogP contribution in [0, 0.1) is 13.8 Å². The number of rotatable bonds is 6. The third-order valence-corrected chi connectivity index (χ3v) is 6.08. The molecule has 1 fully saturated rings. The van der Waals surface area contributed by atoms with Crippen LogP contribution in [0.25, 0.3) is 0 Å². The van der Waals surface area contributed by atoms with Crippen molar-refractivity contribution in [1.29, 1.82) is 0 Å². The van der Waals surface area contributed by atoms with Crippen LogP contribution in [0.4, 0.5) is 5.69 Å². The fourth-order valence-corrected chi connectivity index (χ4v) is 4.13. The molecule has 0 aliphatic carbocycles. The monoisotopic (exact) mass is 388 g/mol. The molecule has 1 atom stereocenters. The summed E-state index contributed by atoms with van der Waals surface area (Å²) in [5, 5.41) is 2.82. The Morgan fingerprint density at radius 3 is 2.63 bits per heavy atom. The molecule has 7 heteroatoms. The molecule has 0 bridgehead atoms. The lowest BCUT2D eigenvalue weighted by atomic mass is 10.1. The van der Waals surface area contributed by atoms with E-state index in [4.69, 9.17) is 4.74 Å². The zero-order chi connectivity index (χ0) is 19.4. The quantitative estimate of drug-likeness (QED) is 0.797. The lowest BCUT2D eigenvalue weighted by molar-refractivity contribution is 0.0858. The molecule has 6 nitrogen and oxygen atoms in total. The highest BCUT2D eigenvalue weighted by molar-refractivity contribution is 7.92. The van der Waals surface area contributed by atoms with Crippen LogP contribution >= 0.6 is 0 Å². The van der Waals surface area contributed by atoms with Gasteiger partial charge in [0.2, 0.25) is 0 Å².